The summed E-state index contributed by atoms with van der Waals surface area (Å²) in [5, 5.41) is 0. The first kappa shape index (κ1) is 11.4. The fraction of sp³-hybridized carbons (Fsp3) is 0.500. The molecule has 1 unspecified atom stereocenters. The second kappa shape index (κ2) is 5.30. The number of nitrogens with two attached hydrogens (primary N) is 1. The zero-order valence-electron chi connectivity index (χ0n) is 9.21. The Bertz CT molecular complexity index is 296. The first-order valence-corrected chi connectivity index (χ1v) is 6.11. The van der Waals surface area contributed by atoms with E-state index in [1.807, 2.05) is 18.7 Å². The molecule has 0 fully saturated rings. The summed E-state index contributed by atoms with van der Waals surface area (Å²) in [6.45, 7) is 6.55. The molecule has 0 saturated carbocycles. The van der Waals surface area contributed by atoms with Gasteiger partial charge < -0.3 is 5.73 Å². The molecule has 1 aromatic rings. The Hall–Kier alpha value is -0.630. The number of nitrogen functional groups attached to an aromatic ring is 1. The molecule has 14 heavy (non-hydrogen) atoms. The Kier molecular flexibility index (Phi) is 4.33. The highest BCUT2D eigenvalue weighted by Gasteiger charge is 2.01. The quantitative estimate of drug-likeness (QED) is 0.604. The van der Waals surface area contributed by atoms with Gasteiger partial charge in [-0.1, -0.05) is 26.3 Å². The van der Waals surface area contributed by atoms with Gasteiger partial charge in [-0.2, -0.15) is 0 Å². The average Bonchev–Trinajstić information content (AvgIpc) is 2.19. The van der Waals surface area contributed by atoms with Gasteiger partial charge in [0.2, 0.25) is 0 Å². The molecule has 78 valence electrons. The van der Waals surface area contributed by atoms with Crippen molar-refractivity contribution in [2.75, 3.05) is 11.5 Å². The molecule has 0 heterocycles. The lowest BCUT2D eigenvalue weighted by molar-refractivity contribution is 0.637. The maximum absolute atomic E-state index is 5.85. The maximum atomic E-state index is 5.85. The zero-order chi connectivity index (χ0) is 10.6. The van der Waals surface area contributed by atoms with Gasteiger partial charge in [0.15, 0.2) is 0 Å². The van der Waals surface area contributed by atoms with Crippen molar-refractivity contribution in [3.05, 3.63) is 23.8 Å². The van der Waals surface area contributed by atoms with Crippen molar-refractivity contribution in [3.8, 4) is 0 Å². The van der Waals surface area contributed by atoms with Crippen molar-refractivity contribution >= 4 is 17.4 Å². The Morgan fingerprint density at radius 1 is 1.43 bits per heavy atom. The first-order valence-electron chi connectivity index (χ1n) is 5.12. The van der Waals surface area contributed by atoms with Crippen LogP contribution in [-0.2, 0) is 0 Å². The molecule has 1 aromatic carbocycles. The molecule has 0 aliphatic heterocycles. The van der Waals surface area contributed by atoms with Crippen LogP contribution in [0.1, 0.15) is 25.8 Å². The lowest BCUT2D eigenvalue weighted by atomic mass is 10.2. The Morgan fingerprint density at radius 2 is 2.14 bits per heavy atom. The highest BCUT2D eigenvalue weighted by Crippen LogP contribution is 2.25. The van der Waals surface area contributed by atoms with E-state index in [0.717, 1.165) is 17.2 Å². The van der Waals surface area contributed by atoms with Gasteiger partial charge in [-0.3, -0.25) is 0 Å². The van der Waals surface area contributed by atoms with Crippen LogP contribution in [0.5, 0.6) is 0 Å². The van der Waals surface area contributed by atoms with Gasteiger partial charge in [0, 0.05) is 16.3 Å². The Morgan fingerprint density at radius 3 is 2.71 bits per heavy atom. The average molecular weight is 209 g/mol. The van der Waals surface area contributed by atoms with E-state index in [1.54, 1.807) is 0 Å². The summed E-state index contributed by atoms with van der Waals surface area (Å²) in [6, 6.07) is 6.31. The molecular formula is C12H19NS. The molecule has 0 radical (unpaired) electrons. The summed E-state index contributed by atoms with van der Waals surface area (Å²) >= 11 is 1.90. The summed E-state index contributed by atoms with van der Waals surface area (Å²) in [5.74, 6) is 1.96. The molecular weight excluding hydrogens is 190 g/mol. The number of thioether (sulfide) groups is 1. The third kappa shape index (κ3) is 3.26. The van der Waals surface area contributed by atoms with Crippen LogP contribution in [0.15, 0.2) is 23.1 Å². The summed E-state index contributed by atoms with van der Waals surface area (Å²) < 4.78 is 0. The second-order valence-corrected chi connectivity index (χ2v) is 4.94. The van der Waals surface area contributed by atoms with E-state index in [-0.39, 0.29) is 0 Å². The van der Waals surface area contributed by atoms with E-state index in [9.17, 15) is 0 Å². The monoisotopic (exact) mass is 209 g/mol. The van der Waals surface area contributed by atoms with Crippen LogP contribution >= 0.6 is 11.8 Å². The molecule has 0 aliphatic rings. The van der Waals surface area contributed by atoms with E-state index < -0.39 is 0 Å². The SMILES string of the molecule is CCC(C)CSc1ccc(C)c(N)c1. The van der Waals surface area contributed by atoms with Crippen LogP contribution in [0.3, 0.4) is 0 Å². The largest absolute Gasteiger partial charge is 0.398 e. The molecule has 0 aromatic heterocycles. The van der Waals surface area contributed by atoms with Crippen LogP contribution in [0, 0.1) is 12.8 Å². The molecule has 0 aliphatic carbocycles. The minimum atomic E-state index is 0.780. The van der Waals surface area contributed by atoms with Gasteiger partial charge in [-0.15, -0.1) is 11.8 Å². The number of anilines is 1. The van der Waals surface area contributed by atoms with Crippen LogP contribution in [-0.4, -0.2) is 5.75 Å². The molecule has 2 N–H and O–H groups in total. The third-order valence-corrected chi connectivity index (χ3v) is 3.81. The first-order chi connectivity index (χ1) is 6.63. The summed E-state index contributed by atoms with van der Waals surface area (Å²) in [6.07, 6.45) is 1.24. The normalized spacial score (nSPS) is 12.8. The van der Waals surface area contributed by atoms with Gasteiger partial charge in [0.25, 0.3) is 0 Å². The van der Waals surface area contributed by atoms with Gasteiger partial charge in [-0.05, 0) is 30.5 Å². The van der Waals surface area contributed by atoms with E-state index in [2.05, 4.69) is 32.0 Å². The van der Waals surface area contributed by atoms with Crippen molar-refractivity contribution in [2.24, 2.45) is 5.92 Å². The molecule has 0 bridgehead atoms. The van der Waals surface area contributed by atoms with Crippen molar-refractivity contribution in [1.29, 1.82) is 0 Å². The van der Waals surface area contributed by atoms with Crippen LogP contribution < -0.4 is 5.73 Å². The number of benzene rings is 1. The summed E-state index contributed by atoms with van der Waals surface area (Å²) in [7, 11) is 0. The fourth-order valence-corrected chi connectivity index (χ4v) is 2.15. The second-order valence-electron chi connectivity index (χ2n) is 3.84. The van der Waals surface area contributed by atoms with Crippen molar-refractivity contribution in [3.63, 3.8) is 0 Å². The summed E-state index contributed by atoms with van der Waals surface area (Å²) in [5.41, 5.74) is 7.91. The smallest absolute Gasteiger partial charge is 0.0354 e. The summed E-state index contributed by atoms with van der Waals surface area (Å²) in [4.78, 5) is 1.29. The van der Waals surface area contributed by atoms with Crippen LogP contribution in [0.25, 0.3) is 0 Å². The van der Waals surface area contributed by atoms with E-state index in [4.69, 9.17) is 5.73 Å². The minimum Gasteiger partial charge on any atom is -0.398 e. The maximum Gasteiger partial charge on any atom is 0.0354 e. The number of hydrogen-bond donors (Lipinski definition) is 1. The van der Waals surface area contributed by atoms with E-state index >= 15 is 0 Å². The highest BCUT2D eigenvalue weighted by atomic mass is 32.2. The number of aryl methyl sites for hydroxylation is 1. The molecule has 0 saturated heterocycles. The predicted molar refractivity (Wildman–Crippen MR) is 65.8 cm³/mol. The predicted octanol–water partition coefficient (Wildman–Crippen LogP) is 3.72. The van der Waals surface area contributed by atoms with Crippen LogP contribution in [0.4, 0.5) is 5.69 Å². The number of rotatable bonds is 4. The molecule has 1 atom stereocenters. The number of hydrogen-bond acceptors (Lipinski definition) is 2. The van der Waals surface area contributed by atoms with Crippen molar-refractivity contribution < 1.29 is 0 Å². The minimum absolute atomic E-state index is 0.780. The third-order valence-electron chi connectivity index (χ3n) is 2.48. The molecule has 0 spiro atoms. The lowest BCUT2D eigenvalue weighted by Gasteiger charge is -2.08. The molecule has 0 amide bonds. The van der Waals surface area contributed by atoms with Gasteiger partial charge in [0.1, 0.15) is 0 Å². The topological polar surface area (TPSA) is 26.0 Å². The van der Waals surface area contributed by atoms with Crippen LogP contribution in [0.2, 0.25) is 0 Å². The fourth-order valence-electron chi connectivity index (χ4n) is 1.06. The zero-order valence-corrected chi connectivity index (χ0v) is 10.0. The molecule has 1 rings (SSSR count). The highest BCUT2D eigenvalue weighted by molar-refractivity contribution is 7.99. The molecule has 1 nitrogen and oxygen atoms in total. The van der Waals surface area contributed by atoms with Gasteiger partial charge in [0.05, 0.1) is 0 Å². The van der Waals surface area contributed by atoms with Gasteiger partial charge in [-0.25, -0.2) is 0 Å². The van der Waals surface area contributed by atoms with Crippen molar-refractivity contribution in [1.82, 2.24) is 0 Å². The van der Waals surface area contributed by atoms with Crippen molar-refractivity contribution in [2.45, 2.75) is 32.1 Å². The standard InChI is InChI=1S/C12H19NS/c1-4-9(2)8-14-11-6-5-10(3)12(13)7-11/h5-7,9H,4,8,13H2,1-3H3. The Balaban J connectivity index is 2.55. The van der Waals surface area contributed by atoms with Gasteiger partial charge >= 0.3 is 0 Å². The van der Waals surface area contributed by atoms with E-state index in [0.29, 0.717) is 0 Å². The molecule has 2 heteroatoms. The Labute approximate surface area is 91.1 Å². The lowest BCUT2D eigenvalue weighted by Crippen LogP contribution is -1.95. The van der Waals surface area contributed by atoms with E-state index in [1.165, 1.54) is 17.1 Å².